The summed E-state index contributed by atoms with van der Waals surface area (Å²) >= 11 is 3.68. The molecule has 0 saturated carbocycles. The maximum absolute atomic E-state index is 10.1. The molecule has 3 aromatic rings. The number of phenolic OH excluding ortho intramolecular Hbond substituents is 1. The molecule has 2 bridgehead atoms. The molecule has 2 saturated heterocycles. The maximum Gasteiger partial charge on any atom is 0.116 e. The highest BCUT2D eigenvalue weighted by molar-refractivity contribution is 7.11. The van der Waals surface area contributed by atoms with Crippen LogP contribution in [0.2, 0.25) is 0 Å². The van der Waals surface area contributed by atoms with Crippen molar-refractivity contribution in [2.75, 3.05) is 0 Å². The van der Waals surface area contributed by atoms with Gasteiger partial charge in [-0.25, -0.2) is 0 Å². The summed E-state index contributed by atoms with van der Waals surface area (Å²) in [5.41, 5.74) is 5.36. The zero-order chi connectivity index (χ0) is 19.1. The molecule has 2 unspecified atom stereocenters. The first-order valence-electron chi connectivity index (χ1n) is 10.0. The van der Waals surface area contributed by atoms with Crippen molar-refractivity contribution in [3.05, 3.63) is 79.7 Å². The molecule has 5 rings (SSSR count). The molecule has 4 heteroatoms. The Hall–Kier alpha value is -1.88. The Morgan fingerprint density at radius 3 is 2.54 bits per heavy atom. The topological polar surface area (TPSA) is 23.5 Å². The molecule has 0 radical (unpaired) electrons. The number of fused-ring (bicyclic) bond motifs is 2. The van der Waals surface area contributed by atoms with Crippen LogP contribution in [-0.4, -0.2) is 22.1 Å². The summed E-state index contributed by atoms with van der Waals surface area (Å²) in [5.74, 6) is 0.347. The quantitative estimate of drug-likeness (QED) is 0.537. The van der Waals surface area contributed by atoms with Crippen molar-refractivity contribution in [1.82, 2.24) is 4.90 Å². The summed E-state index contributed by atoms with van der Waals surface area (Å²) < 4.78 is 0. The average molecular weight is 408 g/mol. The van der Waals surface area contributed by atoms with Crippen LogP contribution in [0.5, 0.6) is 5.75 Å². The van der Waals surface area contributed by atoms with Crippen LogP contribution in [0.3, 0.4) is 0 Å². The summed E-state index contributed by atoms with van der Waals surface area (Å²) in [4.78, 5) is 5.65. The van der Waals surface area contributed by atoms with E-state index in [9.17, 15) is 5.11 Å². The fraction of sp³-hybridized carbons (Fsp3) is 0.333. The number of benzene rings is 1. The average Bonchev–Trinajstić information content (AvgIpc) is 3.38. The molecule has 4 heterocycles. The van der Waals surface area contributed by atoms with Crippen molar-refractivity contribution in [1.29, 1.82) is 0 Å². The van der Waals surface area contributed by atoms with Crippen LogP contribution >= 0.6 is 22.7 Å². The molecule has 1 N–H and O–H groups in total. The van der Waals surface area contributed by atoms with Crippen LogP contribution in [0, 0.1) is 6.92 Å². The van der Waals surface area contributed by atoms with Crippen LogP contribution in [-0.2, 0) is 6.54 Å². The molecule has 0 spiro atoms. The maximum atomic E-state index is 10.1. The van der Waals surface area contributed by atoms with Crippen LogP contribution in [0.4, 0.5) is 0 Å². The predicted octanol–water partition coefficient (Wildman–Crippen LogP) is 6.45. The van der Waals surface area contributed by atoms with E-state index in [2.05, 4.69) is 46.8 Å². The van der Waals surface area contributed by atoms with Gasteiger partial charge in [0.1, 0.15) is 5.75 Å². The summed E-state index contributed by atoms with van der Waals surface area (Å²) in [7, 11) is 0. The largest absolute Gasteiger partial charge is 0.508 e. The van der Waals surface area contributed by atoms with Gasteiger partial charge in [-0.15, -0.1) is 11.3 Å². The Morgan fingerprint density at radius 1 is 1.07 bits per heavy atom. The van der Waals surface area contributed by atoms with E-state index in [4.69, 9.17) is 0 Å². The van der Waals surface area contributed by atoms with Crippen LogP contribution in [0.25, 0.3) is 5.57 Å². The second-order valence-electron chi connectivity index (χ2n) is 8.02. The van der Waals surface area contributed by atoms with Crippen LogP contribution in [0.15, 0.2) is 58.8 Å². The van der Waals surface area contributed by atoms with Crippen molar-refractivity contribution in [3.8, 4) is 5.75 Å². The minimum atomic E-state index is 0.347. The summed E-state index contributed by atoms with van der Waals surface area (Å²) in [6.07, 6.45) is 4.88. The lowest BCUT2D eigenvalue weighted by molar-refractivity contribution is 0.159. The standard InChI is InChI=1S/C24H25NOS2/c1-16-5-8-23(28-16)14-25-20-6-7-21(25)12-19(11-20)24(18-9-10-27-15-18)17-3-2-4-22(26)13-17/h2-5,8-10,13,15,20-21,26H,6-7,11-12,14H2,1H3. The molecule has 2 aliphatic heterocycles. The molecular formula is C24H25NOS2. The summed E-state index contributed by atoms with van der Waals surface area (Å²) in [6.45, 7) is 3.29. The van der Waals surface area contributed by atoms with Gasteiger partial charge in [-0.1, -0.05) is 17.7 Å². The second-order valence-corrected chi connectivity index (χ2v) is 10.2. The molecule has 2 atom stereocenters. The number of nitrogens with zero attached hydrogens (tertiary/aromatic N) is 1. The summed E-state index contributed by atoms with van der Waals surface area (Å²) in [5, 5.41) is 14.5. The Balaban J connectivity index is 1.49. The first kappa shape index (κ1) is 18.2. The van der Waals surface area contributed by atoms with Gasteiger partial charge in [-0.05, 0) is 90.4 Å². The molecule has 0 aliphatic carbocycles. The van der Waals surface area contributed by atoms with Gasteiger partial charge in [0.05, 0.1) is 0 Å². The lowest BCUT2D eigenvalue weighted by Gasteiger charge is -2.37. The lowest BCUT2D eigenvalue weighted by Crippen LogP contribution is -2.39. The lowest BCUT2D eigenvalue weighted by atomic mass is 9.86. The Bertz CT molecular complexity index is 985. The van der Waals surface area contributed by atoms with Crippen molar-refractivity contribution in [2.24, 2.45) is 0 Å². The van der Waals surface area contributed by atoms with Gasteiger partial charge >= 0.3 is 0 Å². The molecule has 2 aromatic heterocycles. The third-order valence-corrected chi connectivity index (χ3v) is 7.84. The predicted molar refractivity (Wildman–Crippen MR) is 119 cm³/mol. The van der Waals surface area contributed by atoms with Crippen molar-refractivity contribution < 1.29 is 5.11 Å². The van der Waals surface area contributed by atoms with Gasteiger partial charge < -0.3 is 5.11 Å². The van der Waals surface area contributed by atoms with Gasteiger partial charge in [0.25, 0.3) is 0 Å². The molecule has 1 aromatic carbocycles. The van der Waals surface area contributed by atoms with E-state index in [0.29, 0.717) is 17.8 Å². The second kappa shape index (κ2) is 7.51. The molecule has 2 aliphatic rings. The van der Waals surface area contributed by atoms with E-state index in [0.717, 1.165) is 24.9 Å². The molecule has 144 valence electrons. The Morgan fingerprint density at radius 2 is 1.89 bits per heavy atom. The van der Waals surface area contributed by atoms with E-state index in [-0.39, 0.29) is 0 Å². The van der Waals surface area contributed by atoms with Gasteiger partial charge in [-0.2, -0.15) is 11.3 Å². The Labute approximate surface area is 174 Å². The normalized spacial score (nSPS) is 22.0. The monoisotopic (exact) mass is 407 g/mol. The minimum absolute atomic E-state index is 0.347. The van der Waals surface area contributed by atoms with Gasteiger partial charge in [-0.3, -0.25) is 4.90 Å². The third-order valence-electron chi connectivity index (χ3n) is 6.17. The first-order valence-corrected chi connectivity index (χ1v) is 11.8. The van der Waals surface area contributed by atoms with E-state index in [1.54, 1.807) is 23.0 Å². The number of hydrogen-bond acceptors (Lipinski definition) is 4. The Kier molecular flexibility index (Phi) is 4.87. The van der Waals surface area contributed by atoms with Crippen LogP contribution in [0.1, 0.15) is 46.6 Å². The van der Waals surface area contributed by atoms with Crippen molar-refractivity contribution >= 4 is 28.2 Å². The van der Waals surface area contributed by atoms with Gasteiger partial charge in [0, 0.05) is 28.4 Å². The first-order chi connectivity index (χ1) is 13.7. The number of hydrogen-bond donors (Lipinski definition) is 1. The number of aromatic hydroxyl groups is 1. The molecule has 2 nitrogen and oxygen atoms in total. The summed E-state index contributed by atoms with van der Waals surface area (Å²) in [6, 6.07) is 15.8. The van der Waals surface area contributed by atoms with Crippen molar-refractivity contribution in [2.45, 2.75) is 51.2 Å². The van der Waals surface area contributed by atoms with Crippen molar-refractivity contribution in [3.63, 3.8) is 0 Å². The third kappa shape index (κ3) is 3.45. The molecular weight excluding hydrogens is 382 g/mol. The number of rotatable bonds is 4. The number of piperidine rings is 1. The molecule has 2 fully saturated rings. The minimum Gasteiger partial charge on any atom is -0.508 e. The van der Waals surface area contributed by atoms with E-state index < -0.39 is 0 Å². The number of aryl methyl sites for hydroxylation is 1. The van der Waals surface area contributed by atoms with E-state index in [1.807, 2.05) is 23.5 Å². The van der Waals surface area contributed by atoms with E-state index >= 15 is 0 Å². The zero-order valence-electron chi connectivity index (χ0n) is 16.1. The number of thiophene rings is 2. The SMILES string of the molecule is Cc1ccc(CN2C3CCC2CC(=C(c2ccsc2)c2cccc(O)c2)C3)s1. The smallest absolute Gasteiger partial charge is 0.116 e. The van der Waals surface area contributed by atoms with Gasteiger partial charge in [0.15, 0.2) is 0 Å². The molecule has 0 amide bonds. The fourth-order valence-electron chi connectivity index (χ4n) is 4.96. The molecule has 28 heavy (non-hydrogen) atoms. The highest BCUT2D eigenvalue weighted by atomic mass is 32.1. The van der Waals surface area contributed by atoms with E-state index in [1.165, 1.54) is 33.7 Å². The van der Waals surface area contributed by atoms with Gasteiger partial charge in [0.2, 0.25) is 0 Å². The highest BCUT2D eigenvalue weighted by Crippen LogP contribution is 2.44. The van der Waals surface area contributed by atoms with Crippen LogP contribution < -0.4 is 0 Å². The highest BCUT2D eigenvalue weighted by Gasteiger charge is 2.39. The zero-order valence-corrected chi connectivity index (χ0v) is 17.7. The number of phenols is 1. The fourth-order valence-corrected chi connectivity index (χ4v) is 6.51.